The molecule has 9 heteroatoms. The fourth-order valence-corrected chi connectivity index (χ4v) is 3.08. The fourth-order valence-electron chi connectivity index (χ4n) is 3.08. The minimum absolute atomic E-state index is 0.0750. The summed E-state index contributed by atoms with van der Waals surface area (Å²) in [6, 6.07) is 21.1. The summed E-state index contributed by atoms with van der Waals surface area (Å²) in [4.78, 5) is 19.1. The lowest BCUT2D eigenvalue weighted by atomic mass is 10.1. The molecule has 0 saturated carbocycles. The molecule has 0 amide bonds. The van der Waals surface area contributed by atoms with E-state index < -0.39 is 17.2 Å². The Balaban J connectivity index is 1.43. The number of hydrazone groups is 1. The molecule has 0 unspecified atom stereocenters. The van der Waals surface area contributed by atoms with Crippen LogP contribution in [0.5, 0.6) is 5.75 Å². The van der Waals surface area contributed by atoms with Gasteiger partial charge in [0.2, 0.25) is 5.95 Å². The molecule has 0 aliphatic carbocycles. The van der Waals surface area contributed by atoms with E-state index in [1.807, 2.05) is 12.1 Å². The molecule has 168 valence electrons. The maximum absolute atomic E-state index is 13.7. The summed E-state index contributed by atoms with van der Waals surface area (Å²) < 4.78 is 32.9. The van der Waals surface area contributed by atoms with Gasteiger partial charge in [0.25, 0.3) is 5.56 Å². The molecule has 0 atom stereocenters. The van der Waals surface area contributed by atoms with E-state index in [0.717, 1.165) is 0 Å². The number of hydrogen-bond acceptors (Lipinski definition) is 6. The Morgan fingerprint density at radius 3 is 2.41 bits per heavy atom. The Bertz CT molecular complexity index is 1410. The maximum atomic E-state index is 13.7. The first-order valence-corrected chi connectivity index (χ1v) is 10.1. The number of ether oxygens (including phenoxy) is 1. The summed E-state index contributed by atoms with van der Waals surface area (Å²) in [7, 11) is 0. The third-order valence-electron chi connectivity index (χ3n) is 4.79. The van der Waals surface area contributed by atoms with E-state index in [1.165, 1.54) is 24.4 Å². The van der Waals surface area contributed by atoms with Gasteiger partial charge in [-0.1, -0.05) is 36.4 Å². The van der Waals surface area contributed by atoms with Gasteiger partial charge in [-0.3, -0.25) is 9.78 Å². The SMILES string of the molecule is N#Cc1c(-c2ccccc2)nc(NN=Cc2ccc(OCc3c(F)cccc3F)cc2)[nH]c1=O. The minimum Gasteiger partial charge on any atom is -0.489 e. The second-order valence-electron chi connectivity index (χ2n) is 7.04. The largest absolute Gasteiger partial charge is 0.489 e. The molecule has 3 aromatic carbocycles. The molecule has 34 heavy (non-hydrogen) atoms. The highest BCUT2D eigenvalue weighted by Crippen LogP contribution is 2.20. The van der Waals surface area contributed by atoms with E-state index in [2.05, 4.69) is 20.5 Å². The average Bonchev–Trinajstić information content (AvgIpc) is 2.85. The van der Waals surface area contributed by atoms with E-state index in [4.69, 9.17) is 4.74 Å². The van der Waals surface area contributed by atoms with Crippen molar-refractivity contribution in [1.82, 2.24) is 9.97 Å². The molecule has 0 aliphatic rings. The van der Waals surface area contributed by atoms with Gasteiger partial charge < -0.3 is 4.74 Å². The highest BCUT2D eigenvalue weighted by Gasteiger charge is 2.13. The molecular weight excluding hydrogens is 440 g/mol. The maximum Gasteiger partial charge on any atom is 0.270 e. The lowest BCUT2D eigenvalue weighted by Crippen LogP contribution is -2.16. The smallest absolute Gasteiger partial charge is 0.270 e. The average molecular weight is 457 g/mol. The van der Waals surface area contributed by atoms with Crippen LogP contribution in [-0.2, 0) is 6.61 Å². The summed E-state index contributed by atoms with van der Waals surface area (Å²) >= 11 is 0. The van der Waals surface area contributed by atoms with Crippen molar-refractivity contribution in [1.29, 1.82) is 5.26 Å². The standard InChI is InChI=1S/C25H17F2N5O2/c26-21-7-4-8-22(27)20(21)15-34-18-11-9-16(10-12-18)14-29-32-25-30-23(17-5-2-1-3-6-17)19(13-28)24(33)31-25/h1-12,14H,15H2,(H2,30,31,32,33). The van der Waals surface area contributed by atoms with Crippen molar-refractivity contribution in [2.24, 2.45) is 5.10 Å². The van der Waals surface area contributed by atoms with Crippen molar-refractivity contribution in [2.45, 2.75) is 6.61 Å². The van der Waals surface area contributed by atoms with Gasteiger partial charge in [-0.2, -0.15) is 10.4 Å². The number of nitrogens with zero attached hydrogens (tertiary/aromatic N) is 3. The highest BCUT2D eigenvalue weighted by atomic mass is 19.1. The van der Waals surface area contributed by atoms with Gasteiger partial charge in [0.15, 0.2) is 0 Å². The van der Waals surface area contributed by atoms with E-state index in [1.54, 1.807) is 48.5 Å². The highest BCUT2D eigenvalue weighted by molar-refractivity contribution is 5.80. The summed E-state index contributed by atoms with van der Waals surface area (Å²) in [5.74, 6) is -0.830. The second-order valence-corrected chi connectivity index (χ2v) is 7.04. The molecule has 0 saturated heterocycles. The number of nitriles is 1. The van der Waals surface area contributed by atoms with Crippen molar-refractivity contribution < 1.29 is 13.5 Å². The summed E-state index contributed by atoms with van der Waals surface area (Å²) in [5.41, 5.74) is 3.40. The van der Waals surface area contributed by atoms with Gasteiger partial charge in [-0.05, 0) is 42.0 Å². The zero-order valence-electron chi connectivity index (χ0n) is 17.6. The number of H-pyrrole nitrogens is 1. The molecule has 0 spiro atoms. The van der Waals surface area contributed by atoms with E-state index >= 15 is 0 Å². The normalized spacial score (nSPS) is 10.7. The number of benzene rings is 3. The summed E-state index contributed by atoms with van der Waals surface area (Å²) in [6.07, 6.45) is 1.49. The molecule has 0 aliphatic heterocycles. The van der Waals surface area contributed by atoms with Crippen molar-refractivity contribution >= 4 is 12.2 Å². The minimum atomic E-state index is -0.667. The third kappa shape index (κ3) is 5.14. The summed E-state index contributed by atoms with van der Waals surface area (Å²) in [5, 5.41) is 13.4. The van der Waals surface area contributed by atoms with Crippen molar-refractivity contribution in [3.05, 3.63) is 111 Å². The number of anilines is 1. The van der Waals surface area contributed by atoms with Crippen molar-refractivity contribution in [3.63, 3.8) is 0 Å². The molecule has 4 rings (SSSR count). The molecule has 0 radical (unpaired) electrons. The molecule has 0 fully saturated rings. The number of rotatable bonds is 7. The first-order valence-electron chi connectivity index (χ1n) is 10.1. The van der Waals surface area contributed by atoms with Crippen LogP contribution in [0.15, 0.2) is 82.7 Å². The van der Waals surface area contributed by atoms with Crippen LogP contribution in [-0.4, -0.2) is 16.2 Å². The number of aromatic nitrogens is 2. The second kappa shape index (κ2) is 10.2. The molecule has 7 nitrogen and oxygen atoms in total. The topological polar surface area (TPSA) is 103 Å². The van der Waals surface area contributed by atoms with E-state index in [9.17, 15) is 18.8 Å². The molecule has 1 aromatic heterocycles. The van der Waals surface area contributed by atoms with Gasteiger partial charge in [0, 0.05) is 5.56 Å². The van der Waals surface area contributed by atoms with Gasteiger partial charge >= 0.3 is 0 Å². The zero-order chi connectivity index (χ0) is 23.9. The van der Waals surface area contributed by atoms with Crippen LogP contribution in [0.2, 0.25) is 0 Å². The van der Waals surface area contributed by atoms with Crippen LogP contribution in [0.25, 0.3) is 11.3 Å². The van der Waals surface area contributed by atoms with Crippen LogP contribution < -0.4 is 15.7 Å². The van der Waals surface area contributed by atoms with Crippen molar-refractivity contribution in [2.75, 3.05) is 5.43 Å². The van der Waals surface area contributed by atoms with Crippen LogP contribution in [0.4, 0.5) is 14.7 Å². The lowest BCUT2D eigenvalue weighted by molar-refractivity contribution is 0.292. The third-order valence-corrected chi connectivity index (χ3v) is 4.79. The molecular formula is C25H17F2N5O2. The van der Waals surface area contributed by atoms with Gasteiger partial charge in [0.1, 0.15) is 35.6 Å². The van der Waals surface area contributed by atoms with Gasteiger partial charge in [0.05, 0.1) is 17.5 Å². The number of hydrogen-bond donors (Lipinski definition) is 2. The summed E-state index contributed by atoms with van der Waals surface area (Å²) in [6.45, 7) is -0.241. The molecule has 4 aromatic rings. The Morgan fingerprint density at radius 2 is 1.74 bits per heavy atom. The number of halogens is 2. The first-order chi connectivity index (χ1) is 16.5. The van der Waals surface area contributed by atoms with E-state index in [0.29, 0.717) is 16.9 Å². The van der Waals surface area contributed by atoms with E-state index in [-0.39, 0.29) is 29.4 Å². The van der Waals surface area contributed by atoms with Crippen LogP contribution in [0.1, 0.15) is 16.7 Å². The number of aromatic amines is 1. The Morgan fingerprint density at radius 1 is 1.03 bits per heavy atom. The monoisotopic (exact) mass is 457 g/mol. The molecule has 1 heterocycles. The van der Waals surface area contributed by atoms with Crippen molar-refractivity contribution in [3.8, 4) is 23.1 Å². The predicted molar refractivity (Wildman–Crippen MR) is 123 cm³/mol. The Labute approximate surface area is 193 Å². The van der Waals surface area contributed by atoms with Gasteiger partial charge in [-0.25, -0.2) is 19.2 Å². The quantitative estimate of drug-likeness (QED) is 0.312. The Hall–Kier alpha value is -4.84. The van der Waals surface area contributed by atoms with Crippen LogP contribution >= 0.6 is 0 Å². The Kier molecular flexibility index (Phi) is 6.70. The molecule has 2 N–H and O–H groups in total. The fraction of sp³-hybridized carbons (Fsp3) is 0.0400. The van der Waals surface area contributed by atoms with Crippen LogP contribution in [0, 0.1) is 23.0 Å². The first kappa shape index (κ1) is 22.4. The lowest BCUT2D eigenvalue weighted by Gasteiger charge is -2.08. The number of nitrogens with one attached hydrogen (secondary N) is 2. The molecule has 0 bridgehead atoms. The van der Waals surface area contributed by atoms with Crippen LogP contribution in [0.3, 0.4) is 0 Å². The van der Waals surface area contributed by atoms with Gasteiger partial charge in [-0.15, -0.1) is 0 Å². The predicted octanol–water partition coefficient (Wildman–Crippen LogP) is 4.61. The zero-order valence-corrected chi connectivity index (χ0v) is 17.6.